The van der Waals surface area contributed by atoms with Gasteiger partial charge in [0, 0.05) is 24.9 Å². The molecule has 0 aliphatic heterocycles. The van der Waals surface area contributed by atoms with Crippen molar-refractivity contribution < 1.29 is 4.79 Å². The molecule has 0 radical (unpaired) electrons. The Morgan fingerprint density at radius 1 is 1.36 bits per heavy atom. The Morgan fingerprint density at radius 2 is 1.82 bits per heavy atom. The first-order valence-corrected chi connectivity index (χ1v) is 3.86. The maximum Gasteiger partial charge on any atom is 0.156 e. The van der Waals surface area contributed by atoms with Crippen molar-refractivity contribution in [3.8, 4) is 0 Å². The van der Waals surface area contributed by atoms with Gasteiger partial charge in [0.2, 0.25) is 0 Å². The maximum atomic E-state index is 10.8. The third-order valence-corrected chi connectivity index (χ3v) is 1.77. The molecule has 0 aromatic carbocycles. The SMILES string of the molecule is CC(=O)C(C)=CN(C)C(C)C. The van der Waals surface area contributed by atoms with Gasteiger partial charge in [-0.15, -0.1) is 0 Å². The summed E-state index contributed by atoms with van der Waals surface area (Å²) in [6.45, 7) is 7.59. The smallest absolute Gasteiger partial charge is 0.156 e. The molecule has 0 fully saturated rings. The summed E-state index contributed by atoms with van der Waals surface area (Å²) in [6, 6.07) is 0.448. The van der Waals surface area contributed by atoms with E-state index in [0.29, 0.717) is 6.04 Å². The van der Waals surface area contributed by atoms with E-state index in [1.54, 1.807) is 6.92 Å². The van der Waals surface area contributed by atoms with E-state index in [1.807, 2.05) is 25.1 Å². The van der Waals surface area contributed by atoms with Gasteiger partial charge >= 0.3 is 0 Å². The number of rotatable bonds is 3. The number of ketones is 1. The molecule has 0 amide bonds. The zero-order valence-corrected chi connectivity index (χ0v) is 8.01. The third-order valence-electron chi connectivity index (χ3n) is 1.77. The topological polar surface area (TPSA) is 20.3 Å². The van der Waals surface area contributed by atoms with E-state index in [-0.39, 0.29) is 5.78 Å². The van der Waals surface area contributed by atoms with Gasteiger partial charge in [-0.1, -0.05) is 0 Å². The molecule has 0 unspecified atom stereocenters. The van der Waals surface area contributed by atoms with Gasteiger partial charge in [-0.3, -0.25) is 4.79 Å². The monoisotopic (exact) mass is 155 g/mol. The number of carbonyl (C=O) groups is 1. The van der Waals surface area contributed by atoms with Crippen LogP contribution < -0.4 is 0 Å². The minimum Gasteiger partial charge on any atom is -0.378 e. The van der Waals surface area contributed by atoms with E-state index in [4.69, 9.17) is 0 Å². The molecule has 0 rings (SSSR count). The number of hydrogen-bond donors (Lipinski definition) is 0. The second kappa shape index (κ2) is 4.16. The van der Waals surface area contributed by atoms with Crippen molar-refractivity contribution in [2.75, 3.05) is 7.05 Å². The number of nitrogens with zero attached hydrogens (tertiary/aromatic N) is 1. The lowest BCUT2D eigenvalue weighted by Crippen LogP contribution is -2.21. The summed E-state index contributed by atoms with van der Waals surface area (Å²) in [5.41, 5.74) is 0.807. The highest BCUT2D eigenvalue weighted by atomic mass is 16.1. The molecule has 0 saturated heterocycles. The van der Waals surface area contributed by atoms with Crippen molar-refractivity contribution in [3.63, 3.8) is 0 Å². The normalized spacial score (nSPS) is 12.0. The molecular weight excluding hydrogens is 138 g/mol. The van der Waals surface area contributed by atoms with Crippen molar-refractivity contribution in [2.24, 2.45) is 0 Å². The van der Waals surface area contributed by atoms with E-state index >= 15 is 0 Å². The van der Waals surface area contributed by atoms with Crippen LogP contribution in [0, 0.1) is 0 Å². The van der Waals surface area contributed by atoms with Gasteiger partial charge in [0.1, 0.15) is 0 Å². The Kier molecular flexibility index (Phi) is 3.86. The largest absolute Gasteiger partial charge is 0.378 e. The van der Waals surface area contributed by atoms with Crippen LogP contribution in [0.15, 0.2) is 11.8 Å². The highest BCUT2D eigenvalue weighted by Gasteiger charge is 2.00. The van der Waals surface area contributed by atoms with E-state index < -0.39 is 0 Å². The first-order chi connectivity index (χ1) is 4.95. The lowest BCUT2D eigenvalue weighted by Gasteiger charge is -2.19. The van der Waals surface area contributed by atoms with Crippen LogP contribution in [0.2, 0.25) is 0 Å². The Morgan fingerprint density at radius 3 is 2.09 bits per heavy atom. The Balaban J connectivity index is 4.19. The van der Waals surface area contributed by atoms with Gasteiger partial charge < -0.3 is 4.90 Å². The van der Waals surface area contributed by atoms with Crippen molar-refractivity contribution in [1.29, 1.82) is 0 Å². The molecule has 2 heteroatoms. The Labute approximate surface area is 68.9 Å². The van der Waals surface area contributed by atoms with E-state index in [0.717, 1.165) is 5.57 Å². The average molecular weight is 155 g/mol. The fraction of sp³-hybridized carbons (Fsp3) is 0.667. The summed E-state index contributed by atoms with van der Waals surface area (Å²) < 4.78 is 0. The molecule has 64 valence electrons. The van der Waals surface area contributed by atoms with Crippen LogP contribution in [0.1, 0.15) is 27.7 Å². The lowest BCUT2D eigenvalue weighted by molar-refractivity contribution is -0.113. The van der Waals surface area contributed by atoms with E-state index in [1.165, 1.54) is 0 Å². The summed E-state index contributed by atoms with van der Waals surface area (Å²) >= 11 is 0. The number of Topliss-reactive ketones (excluding diaryl/α,β-unsaturated/α-hetero) is 1. The van der Waals surface area contributed by atoms with Crippen LogP contribution in [0.4, 0.5) is 0 Å². The highest BCUT2D eigenvalue weighted by molar-refractivity contribution is 5.92. The van der Waals surface area contributed by atoms with Gasteiger partial charge in [0.25, 0.3) is 0 Å². The van der Waals surface area contributed by atoms with Crippen molar-refractivity contribution >= 4 is 5.78 Å². The molecule has 2 nitrogen and oxygen atoms in total. The molecule has 0 aliphatic rings. The highest BCUT2D eigenvalue weighted by Crippen LogP contribution is 2.00. The standard InChI is InChI=1S/C9H17NO/c1-7(2)10(5)6-8(3)9(4)11/h6-7H,1-5H3. The molecule has 0 heterocycles. The summed E-state index contributed by atoms with van der Waals surface area (Å²) in [7, 11) is 1.97. The molecule has 0 bridgehead atoms. The second-order valence-electron chi connectivity index (χ2n) is 3.13. The van der Waals surface area contributed by atoms with Gasteiger partial charge in [0.15, 0.2) is 5.78 Å². The van der Waals surface area contributed by atoms with Crippen molar-refractivity contribution in [1.82, 2.24) is 4.90 Å². The molecule has 0 spiro atoms. The van der Waals surface area contributed by atoms with Crippen LogP contribution in [0.25, 0.3) is 0 Å². The fourth-order valence-electron chi connectivity index (χ4n) is 0.545. The lowest BCUT2D eigenvalue weighted by atomic mass is 10.2. The van der Waals surface area contributed by atoms with E-state index in [2.05, 4.69) is 13.8 Å². The second-order valence-corrected chi connectivity index (χ2v) is 3.13. The summed E-state index contributed by atoms with van der Waals surface area (Å²) in [5.74, 6) is 0.137. The molecule has 0 aliphatic carbocycles. The first kappa shape index (κ1) is 10.2. The van der Waals surface area contributed by atoms with Crippen LogP contribution >= 0.6 is 0 Å². The molecule has 0 saturated carbocycles. The van der Waals surface area contributed by atoms with Gasteiger partial charge in [0.05, 0.1) is 0 Å². The number of hydrogen-bond acceptors (Lipinski definition) is 2. The predicted molar refractivity (Wildman–Crippen MR) is 47.3 cm³/mol. The predicted octanol–water partition coefficient (Wildman–Crippen LogP) is 1.82. The van der Waals surface area contributed by atoms with Crippen LogP contribution in [-0.2, 0) is 4.79 Å². The van der Waals surface area contributed by atoms with Gasteiger partial charge in [-0.25, -0.2) is 0 Å². The van der Waals surface area contributed by atoms with Gasteiger partial charge in [-0.05, 0) is 27.7 Å². The Bertz CT molecular complexity index is 170. The summed E-state index contributed by atoms with van der Waals surface area (Å²) in [5, 5.41) is 0. The number of allylic oxidation sites excluding steroid dienone is 1. The molecule has 0 aromatic rings. The molecule has 0 aromatic heterocycles. The van der Waals surface area contributed by atoms with Gasteiger partial charge in [-0.2, -0.15) is 0 Å². The average Bonchev–Trinajstić information content (AvgIpc) is 1.87. The van der Waals surface area contributed by atoms with Crippen molar-refractivity contribution in [3.05, 3.63) is 11.8 Å². The first-order valence-electron chi connectivity index (χ1n) is 3.86. The third kappa shape index (κ3) is 3.81. The zero-order chi connectivity index (χ0) is 9.02. The van der Waals surface area contributed by atoms with Crippen LogP contribution in [0.5, 0.6) is 0 Å². The molecule has 0 N–H and O–H groups in total. The maximum absolute atomic E-state index is 10.8. The van der Waals surface area contributed by atoms with Crippen LogP contribution in [0.3, 0.4) is 0 Å². The zero-order valence-electron chi connectivity index (χ0n) is 8.01. The summed E-state index contributed by atoms with van der Waals surface area (Å²) in [6.07, 6.45) is 1.88. The van der Waals surface area contributed by atoms with E-state index in [9.17, 15) is 4.79 Å². The van der Waals surface area contributed by atoms with Crippen LogP contribution in [-0.4, -0.2) is 23.8 Å². The fourth-order valence-corrected chi connectivity index (χ4v) is 0.545. The summed E-state index contributed by atoms with van der Waals surface area (Å²) in [4.78, 5) is 12.8. The minimum atomic E-state index is 0.137. The quantitative estimate of drug-likeness (QED) is 0.579. The Hall–Kier alpha value is -0.790. The number of carbonyl (C=O) groups excluding carboxylic acids is 1. The molecule has 0 atom stereocenters. The van der Waals surface area contributed by atoms with Crippen molar-refractivity contribution in [2.45, 2.75) is 33.7 Å². The minimum absolute atomic E-state index is 0.137. The molecular formula is C9H17NO. The molecule has 11 heavy (non-hydrogen) atoms.